The van der Waals surface area contributed by atoms with Crippen molar-refractivity contribution in [1.82, 2.24) is 4.90 Å². The molecule has 6 heteroatoms. The summed E-state index contributed by atoms with van der Waals surface area (Å²) in [5.41, 5.74) is 1.83. The normalized spacial score (nSPS) is 26.6. The van der Waals surface area contributed by atoms with Crippen molar-refractivity contribution >= 4 is 12.1 Å². The number of esters is 1. The zero-order chi connectivity index (χ0) is 22.7. The van der Waals surface area contributed by atoms with Crippen LogP contribution in [0.4, 0.5) is 4.79 Å². The van der Waals surface area contributed by atoms with Crippen LogP contribution in [-0.4, -0.2) is 41.3 Å². The van der Waals surface area contributed by atoms with E-state index in [-0.39, 0.29) is 31.6 Å². The molecule has 4 rings (SSSR count). The van der Waals surface area contributed by atoms with E-state index in [4.69, 9.17) is 9.47 Å². The van der Waals surface area contributed by atoms with Crippen LogP contribution in [0.5, 0.6) is 0 Å². The Kier molecular flexibility index (Phi) is 6.51. The highest BCUT2D eigenvalue weighted by Crippen LogP contribution is 2.53. The van der Waals surface area contributed by atoms with Gasteiger partial charge in [-0.3, -0.25) is 4.90 Å². The summed E-state index contributed by atoms with van der Waals surface area (Å²) in [5, 5.41) is 11.7. The molecule has 170 valence electrons. The van der Waals surface area contributed by atoms with Gasteiger partial charge in [0.2, 0.25) is 0 Å². The molecule has 6 nitrogen and oxygen atoms in total. The van der Waals surface area contributed by atoms with E-state index < -0.39 is 23.7 Å². The molecule has 2 aromatic carbocycles. The average Bonchev–Trinajstić information content (AvgIpc) is 3.37. The van der Waals surface area contributed by atoms with Gasteiger partial charge in [-0.2, -0.15) is 0 Å². The number of hydrogen-bond donors (Lipinski definition) is 1. The molecule has 2 aromatic rings. The topological polar surface area (TPSA) is 76.1 Å². The van der Waals surface area contributed by atoms with Crippen LogP contribution in [0.1, 0.15) is 43.4 Å². The van der Waals surface area contributed by atoms with Crippen LogP contribution in [-0.2, 0) is 32.9 Å². The number of aliphatic hydroxyl groups is 1. The van der Waals surface area contributed by atoms with Crippen LogP contribution in [0, 0.1) is 11.8 Å². The molecular formula is C26H31NO5. The lowest BCUT2D eigenvalue weighted by Crippen LogP contribution is -2.44. The van der Waals surface area contributed by atoms with E-state index in [2.05, 4.69) is 6.92 Å². The van der Waals surface area contributed by atoms with Crippen molar-refractivity contribution in [2.75, 3.05) is 13.2 Å². The summed E-state index contributed by atoms with van der Waals surface area (Å²) in [7, 11) is 0. The largest absolute Gasteiger partial charge is 0.464 e. The molecule has 0 bridgehead atoms. The van der Waals surface area contributed by atoms with Gasteiger partial charge in [0.05, 0.1) is 12.2 Å². The lowest BCUT2D eigenvalue weighted by atomic mass is 9.81. The first-order chi connectivity index (χ1) is 15.5. The van der Waals surface area contributed by atoms with Crippen molar-refractivity contribution in [3.8, 4) is 0 Å². The molecule has 1 amide bonds. The fourth-order valence-corrected chi connectivity index (χ4v) is 5.26. The smallest absolute Gasteiger partial charge is 0.410 e. The molecule has 0 spiro atoms. The summed E-state index contributed by atoms with van der Waals surface area (Å²) in [6, 6.07) is 16.7. The second kappa shape index (κ2) is 9.33. The van der Waals surface area contributed by atoms with Crippen molar-refractivity contribution in [1.29, 1.82) is 0 Å². The van der Waals surface area contributed by atoms with E-state index in [0.29, 0.717) is 12.8 Å². The SMILES string of the molecule is CCOC(=O)[C@@H]1[C@H]2CCC(O)(c3ccc(CC)cc3)[C@H]2CN1C(=O)OCc1ccccc1. The minimum atomic E-state index is -1.09. The molecule has 0 aromatic heterocycles. The Morgan fingerprint density at radius 1 is 1.03 bits per heavy atom. The molecule has 0 radical (unpaired) electrons. The maximum absolute atomic E-state index is 13.0. The molecule has 1 unspecified atom stereocenters. The second-order valence-corrected chi connectivity index (χ2v) is 8.67. The molecule has 2 aliphatic rings. The standard InChI is InChI=1S/C26H31NO5/c1-3-18-10-12-20(13-11-18)26(30)15-14-21-22(26)16-27(23(21)24(28)31-4-2)25(29)32-17-19-8-6-5-7-9-19/h5-13,21-23,30H,3-4,14-17H2,1-2H3/t21-,22-,23-,26?/m0/s1. The molecule has 1 aliphatic carbocycles. The van der Waals surface area contributed by atoms with Gasteiger partial charge < -0.3 is 14.6 Å². The Balaban J connectivity index is 1.57. The number of aryl methyl sites for hydroxylation is 1. The summed E-state index contributed by atoms with van der Waals surface area (Å²) < 4.78 is 10.8. The van der Waals surface area contributed by atoms with Crippen LogP contribution in [0.25, 0.3) is 0 Å². The highest BCUT2D eigenvalue weighted by Gasteiger charge is 2.60. The number of benzene rings is 2. The molecular weight excluding hydrogens is 406 g/mol. The predicted molar refractivity (Wildman–Crippen MR) is 120 cm³/mol. The lowest BCUT2D eigenvalue weighted by molar-refractivity contribution is -0.149. The Bertz CT molecular complexity index is 944. The van der Waals surface area contributed by atoms with Crippen molar-refractivity contribution in [3.63, 3.8) is 0 Å². The second-order valence-electron chi connectivity index (χ2n) is 8.67. The molecule has 32 heavy (non-hydrogen) atoms. The van der Waals surface area contributed by atoms with Crippen LogP contribution in [0.2, 0.25) is 0 Å². The predicted octanol–water partition coefficient (Wildman–Crippen LogP) is 4.05. The number of carbonyl (C=O) groups is 2. The van der Waals surface area contributed by atoms with E-state index in [1.54, 1.807) is 6.92 Å². The van der Waals surface area contributed by atoms with Gasteiger partial charge in [0.25, 0.3) is 0 Å². The third-order valence-electron chi connectivity index (χ3n) is 6.95. The van der Waals surface area contributed by atoms with Crippen molar-refractivity contribution in [2.45, 2.75) is 51.4 Å². The van der Waals surface area contributed by atoms with Crippen molar-refractivity contribution in [2.24, 2.45) is 11.8 Å². The first-order valence-corrected chi connectivity index (χ1v) is 11.4. The number of likely N-dealkylation sites (tertiary alicyclic amines) is 1. The third-order valence-corrected chi connectivity index (χ3v) is 6.95. The highest BCUT2D eigenvalue weighted by molar-refractivity contribution is 5.83. The van der Waals surface area contributed by atoms with E-state index in [1.165, 1.54) is 10.5 Å². The molecule has 1 aliphatic heterocycles. The minimum Gasteiger partial charge on any atom is -0.464 e. The number of nitrogens with zero attached hydrogens (tertiary/aromatic N) is 1. The Hall–Kier alpha value is -2.86. The molecule has 4 atom stereocenters. The Morgan fingerprint density at radius 3 is 2.41 bits per heavy atom. The number of hydrogen-bond acceptors (Lipinski definition) is 5. The van der Waals surface area contributed by atoms with E-state index in [0.717, 1.165) is 17.5 Å². The average molecular weight is 438 g/mol. The van der Waals surface area contributed by atoms with Gasteiger partial charge in [0, 0.05) is 12.5 Å². The molecule has 2 fully saturated rings. The summed E-state index contributed by atoms with van der Waals surface area (Å²) >= 11 is 0. The summed E-state index contributed by atoms with van der Waals surface area (Å²) in [6.45, 7) is 4.47. The number of ether oxygens (including phenoxy) is 2. The fraction of sp³-hybridized carbons (Fsp3) is 0.462. The molecule has 1 N–H and O–H groups in total. The Labute approximate surface area is 189 Å². The maximum Gasteiger partial charge on any atom is 0.410 e. The van der Waals surface area contributed by atoms with Gasteiger partial charge in [-0.1, -0.05) is 61.5 Å². The Morgan fingerprint density at radius 2 is 1.75 bits per heavy atom. The van der Waals surface area contributed by atoms with Gasteiger partial charge in [-0.15, -0.1) is 0 Å². The van der Waals surface area contributed by atoms with Crippen molar-refractivity contribution < 1.29 is 24.2 Å². The lowest BCUT2D eigenvalue weighted by Gasteiger charge is -2.30. The highest BCUT2D eigenvalue weighted by atomic mass is 16.6. The molecule has 1 saturated heterocycles. The summed E-state index contributed by atoms with van der Waals surface area (Å²) in [6.07, 6.45) is 1.57. The molecule has 1 saturated carbocycles. The molecule has 1 heterocycles. The zero-order valence-corrected chi connectivity index (χ0v) is 18.7. The van der Waals surface area contributed by atoms with Crippen LogP contribution in [0.3, 0.4) is 0 Å². The summed E-state index contributed by atoms with van der Waals surface area (Å²) in [4.78, 5) is 27.3. The first-order valence-electron chi connectivity index (χ1n) is 11.4. The van der Waals surface area contributed by atoms with E-state index in [1.807, 2.05) is 54.6 Å². The monoisotopic (exact) mass is 437 g/mol. The van der Waals surface area contributed by atoms with Gasteiger partial charge in [0.1, 0.15) is 12.6 Å². The quantitative estimate of drug-likeness (QED) is 0.690. The minimum absolute atomic E-state index is 0.129. The number of fused-ring (bicyclic) bond motifs is 1. The van der Waals surface area contributed by atoms with Gasteiger partial charge in [-0.05, 0) is 48.8 Å². The number of amides is 1. The van der Waals surface area contributed by atoms with Gasteiger partial charge >= 0.3 is 12.1 Å². The zero-order valence-electron chi connectivity index (χ0n) is 18.7. The number of rotatable bonds is 6. The maximum atomic E-state index is 13.0. The van der Waals surface area contributed by atoms with Crippen LogP contribution < -0.4 is 0 Å². The number of carbonyl (C=O) groups excluding carboxylic acids is 2. The van der Waals surface area contributed by atoms with Crippen LogP contribution >= 0.6 is 0 Å². The summed E-state index contributed by atoms with van der Waals surface area (Å²) in [5.74, 6) is -0.856. The van der Waals surface area contributed by atoms with Gasteiger partial charge in [-0.25, -0.2) is 9.59 Å². The first kappa shape index (κ1) is 22.3. The van der Waals surface area contributed by atoms with E-state index in [9.17, 15) is 14.7 Å². The van der Waals surface area contributed by atoms with Crippen molar-refractivity contribution in [3.05, 3.63) is 71.3 Å². The van der Waals surface area contributed by atoms with E-state index >= 15 is 0 Å². The van der Waals surface area contributed by atoms with Crippen LogP contribution in [0.15, 0.2) is 54.6 Å². The third kappa shape index (κ3) is 4.11. The van der Waals surface area contributed by atoms with Gasteiger partial charge in [0.15, 0.2) is 0 Å². The fourth-order valence-electron chi connectivity index (χ4n) is 5.26.